The number of hydrogen-bond donors (Lipinski definition) is 1. The van der Waals surface area contributed by atoms with Gasteiger partial charge in [-0.25, -0.2) is 0 Å². The SMILES string of the molecule is Cc1ccc(C2=CC(C)(C)Oc3ccc(-c4ccc(-c5ccc(C(=O)[O-])cc5)[nH]4)cc32)cc1. The number of nitrogens with one attached hydrogen (secondary N) is 1. The fourth-order valence-corrected chi connectivity index (χ4v) is 4.22. The summed E-state index contributed by atoms with van der Waals surface area (Å²) in [5.74, 6) is -0.308. The maximum atomic E-state index is 11.0. The predicted octanol–water partition coefficient (Wildman–Crippen LogP) is 5.62. The van der Waals surface area contributed by atoms with E-state index in [9.17, 15) is 9.90 Å². The van der Waals surface area contributed by atoms with Crippen LogP contribution in [0.15, 0.2) is 84.9 Å². The number of aromatic carboxylic acids is 1. The first-order valence-corrected chi connectivity index (χ1v) is 10.9. The Balaban J connectivity index is 1.53. The summed E-state index contributed by atoms with van der Waals surface area (Å²) in [7, 11) is 0. The third kappa shape index (κ3) is 4.08. The molecule has 1 N–H and O–H groups in total. The standard InChI is InChI=1S/C29H25NO3/c1-18-4-6-19(7-5-18)24-17-29(2,3)33-27-15-12-22(16-23(24)27)26-14-13-25(30-26)20-8-10-21(11-9-20)28(31)32/h4-17,30H,1-3H3,(H,31,32)/p-1. The molecule has 1 aliphatic heterocycles. The number of aromatic amines is 1. The van der Waals surface area contributed by atoms with Gasteiger partial charge in [0.15, 0.2) is 0 Å². The lowest BCUT2D eigenvalue weighted by molar-refractivity contribution is -0.255. The number of carbonyl (C=O) groups excluding carboxylic acids is 1. The van der Waals surface area contributed by atoms with Crippen LogP contribution in [-0.4, -0.2) is 16.6 Å². The van der Waals surface area contributed by atoms with Crippen molar-refractivity contribution in [3.8, 4) is 28.3 Å². The molecule has 0 radical (unpaired) electrons. The minimum Gasteiger partial charge on any atom is -0.545 e. The number of ether oxygens (including phenoxy) is 1. The molecule has 0 bridgehead atoms. The van der Waals surface area contributed by atoms with Crippen LogP contribution in [-0.2, 0) is 0 Å². The lowest BCUT2D eigenvalue weighted by Crippen LogP contribution is -2.29. The van der Waals surface area contributed by atoms with E-state index in [4.69, 9.17) is 4.74 Å². The number of benzene rings is 3. The number of carbonyl (C=O) groups is 1. The minimum absolute atomic E-state index is 0.165. The first kappa shape index (κ1) is 20.8. The highest BCUT2D eigenvalue weighted by Crippen LogP contribution is 2.41. The summed E-state index contributed by atoms with van der Waals surface area (Å²) in [6.45, 7) is 6.23. The largest absolute Gasteiger partial charge is 0.545 e. The topological polar surface area (TPSA) is 65.2 Å². The minimum atomic E-state index is -1.18. The van der Waals surface area contributed by atoms with Crippen molar-refractivity contribution in [2.45, 2.75) is 26.4 Å². The predicted molar refractivity (Wildman–Crippen MR) is 129 cm³/mol. The Labute approximate surface area is 193 Å². The third-order valence-corrected chi connectivity index (χ3v) is 5.93. The third-order valence-electron chi connectivity index (χ3n) is 5.93. The van der Waals surface area contributed by atoms with E-state index in [1.54, 1.807) is 24.3 Å². The molecule has 0 saturated carbocycles. The zero-order valence-electron chi connectivity index (χ0n) is 18.8. The second kappa shape index (κ2) is 7.82. The quantitative estimate of drug-likeness (QED) is 0.453. The lowest BCUT2D eigenvalue weighted by Gasteiger charge is -2.31. The molecule has 4 heteroatoms. The maximum absolute atomic E-state index is 11.0. The van der Waals surface area contributed by atoms with Crippen molar-refractivity contribution >= 4 is 11.5 Å². The van der Waals surface area contributed by atoms with Crippen LogP contribution in [0.5, 0.6) is 5.75 Å². The highest BCUT2D eigenvalue weighted by Gasteiger charge is 2.27. The number of H-pyrrole nitrogens is 1. The summed E-state index contributed by atoms with van der Waals surface area (Å²) in [6, 6.07) is 25.5. The summed E-state index contributed by atoms with van der Waals surface area (Å²) in [4.78, 5) is 14.5. The molecular weight excluding hydrogens is 410 g/mol. The van der Waals surface area contributed by atoms with Crippen LogP contribution in [0.4, 0.5) is 0 Å². The van der Waals surface area contributed by atoms with E-state index in [1.165, 1.54) is 5.56 Å². The van der Waals surface area contributed by atoms with Gasteiger partial charge in [0.25, 0.3) is 0 Å². The number of rotatable bonds is 4. The number of carboxylic acid groups (broad SMARTS) is 1. The van der Waals surface area contributed by atoms with Gasteiger partial charge in [-0.05, 0) is 85.0 Å². The van der Waals surface area contributed by atoms with Crippen LogP contribution in [0.1, 0.15) is 40.9 Å². The van der Waals surface area contributed by atoms with Crippen molar-refractivity contribution in [1.29, 1.82) is 0 Å². The highest BCUT2D eigenvalue weighted by atomic mass is 16.5. The van der Waals surface area contributed by atoms with Gasteiger partial charge in [-0.2, -0.15) is 0 Å². The van der Waals surface area contributed by atoms with E-state index >= 15 is 0 Å². The van der Waals surface area contributed by atoms with Crippen LogP contribution >= 0.6 is 0 Å². The Kier molecular flexibility index (Phi) is 4.94. The molecule has 1 aromatic heterocycles. The first-order valence-electron chi connectivity index (χ1n) is 10.9. The monoisotopic (exact) mass is 434 g/mol. The molecular formula is C29H24NO3-. The Morgan fingerprint density at radius 2 is 1.42 bits per heavy atom. The summed E-state index contributed by atoms with van der Waals surface area (Å²) in [6.07, 6.45) is 2.18. The van der Waals surface area contributed by atoms with Gasteiger partial charge >= 0.3 is 0 Å². The number of hydrogen-bond acceptors (Lipinski definition) is 3. The van der Waals surface area contributed by atoms with Crippen LogP contribution in [0.25, 0.3) is 28.1 Å². The lowest BCUT2D eigenvalue weighted by atomic mass is 9.88. The van der Waals surface area contributed by atoms with Gasteiger partial charge in [0.05, 0.1) is 5.97 Å². The normalized spacial score (nSPS) is 14.2. The molecule has 0 fully saturated rings. The molecule has 5 rings (SSSR count). The summed E-state index contributed by atoms with van der Waals surface area (Å²) in [5.41, 5.74) is 8.23. The molecule has 0 saturated heterocycles. The van der Waals surface area contributed by atoms with Crippen molar-refractivity contribution in [3.63, 3.8) is 0 Å². The van der Waals surface area contributed by atoms with Crippen LogP contribution in [0.3, 0.4) is 0 Å². The summed E-state index contributed by atoms with van der Waals surface area (Å²) in [5, 5.41) is 11.0. The second-order valence-corrected chi connectivity index (χ2v) is 8.99. The van der Waals surface area contributed by atoms with Crippen LogP contribution in [0, 0.1) is 6.92 Å². The Morgan fingerprint density at radius 3 is 2.09 bits per heavy atom. The summed E-state index contributed by atoms with van der Waals surface area (Å²) >= 11 is 0. The van der Waals surface area contributed by atoms with Gasteiger partial charge < -0.3 is 19.6 Å². The molecule has 3 aromatic carbocycles. The van der Waals surface area contributed by atoms with Gasteiger partial charge in [-0.15, -0.1) is 0 Å². The van der Waals surface area contributed by atoms with Gasteiger partial charge in [0, 0.05) is 17.0 Å². The number of carboxylic acids is 1. The Bertz CT molecular complexity index is 1370. The van der Waals surface area contributed by atoms with Crippen molar-refractivity contribution < 1.29 is 14.6 Å². The van der Waals surface area contributed by atoms with E-state index in [0.717, 1.165) is 45.0 Å². The number of aromatic nitrogens is 1. The average molecular weight is 435 g/mol. The molecule has 4 nitrogen and oxygen atoms in total. The summed E-state index contributed by atoms with van der Waals surface area (Å²) < 4.78 is 6.25. The van der Waals surface area contributed by atoms with Crippen molar-refractivity contribution in [1.82, 2.24) is 4.98 Å². The van der Waals surface area contributed by atoms with E-state index < -0.39 is 11.6 Å². The zero-order chi connectivity index (χ0) is 23.2. The fourth-order valence-electron chi connectivity index (χ4n) is 4.22. The number of fused-ring (bicyclic) bond motifs is 1. The van der Waals surface area contributed by atoms with E-state index in [2.05, 4.69) is 68.2 Å². The van der Waals surface area contributed by atoms with Crippen LogP contribution < -0.4 is 9.84 Å². The first-order chi connectivity index (χ1) is 15.8. The average Bonchev–Trinajstić information content (AvgIpc) is 3.29. The Hall–Kier alpha value is -4.05. The van der Waals surface area contributed by atoms with Crippen molar-refractivity contribution in [2.24, 2.45) is 0 Å². The molecule has 0 aliphatic carbocycles. The number of aryl methyl sites for hydroxylation is 1. The second-order valence-electron chi connectivity index (χ2n) is 8.99. The van der Waals surface area contributed by atoms with Gasteiger partial charge in [-0.3, -0.25) is 0 Å². The van der Waals surface area contributed by atoms with E-state index in [1.807, 2.05) is 18.2 Å². The van der Waals surface area contributed by atoms with Gasteiger partial charge in [0.1, 0.15) is 11.4 Å². The van der Waals surface area contributed by atoms with Gasteiger partial charge in [-0.1, -0.05) is 54.1 Å². The smallest absolute Gasteiger partial charge is 0.128 e. The van der Waals surface area contributed by atoms with Gasteiger partial charge in [0.2, 0.25) is 0 Å². The molecule has 2 heterocycles. The van der Waals surface area contributed by atoms with Crippen molar-refractivity contribution in [3.05, 3.63) is 107 Å². The molecule has 33 heavy (non-hydrogen) atoms. The van der Waals surface area contributed by atoms with Crippen molar-refractivity contribution in [2.75, 3.05) is 0 Å². The maximum Gasteiger partial charge on any atom is 0.128 e. The van der Waals surface area contributed by atoms with Crippen LogP contribution in [0.2, 0.25) is 0 Å². The molecule has 0 amide bonds. The molecule has 0 atom stereocenters. The molecule has 1 aliphatic rings. The molecule has 4 aromatic rings. The zero-order valence-corrected chi connectivity index (χ0v) is 18.8. The van der Waals surface area contributed by atoms with E-state index in [-0.39, 0.29) is 5.56 Å². The molecule has 0 unspecified atom stereocenters. The molecule has 0 spiro atoms. The fraction of sp³-hybridized carbons (Fsp3) is 0.138. The molecule has 164 valence electrons. The Morgan fingerprint density at radius 1 is 0.818 bits per heavy atom. The van der Waals surface area contributed by atoms with E-state index in [0.29, 0.717) is 0 Å². The highest BCUT2D eigenvalue weighted by molar-refractivity contribution is 5.88.